The van der Waals surface area contributed by atoms with E-state index in [4.69, 9.17) is 17.3 Å². The maximum Gasteiger partial charge on any atom is 0.129 e. The molecule has 88 valence electrons. The Morgan fingerprint density at radius 2 is 2.44 bits per heavy atom. The SMILES string of the molecule is CCC1CCCN1c1cc(CN)c(Cl)cn1. The van der Waals surface area contributed by atoms with Crippen molar-refractivity contribution in [3.8, 4) is 0 Å². The molecule has 0 amide bonds. The number of pyridine rings is 1. The molecule has 3 nitrogen and oxygen atoms in total. The second-order valence-corrected chi connectivity index (χ2v) is 4.64. The third-order valence-corrected chi connectivity index (χ3v) is 3.62. The van der Waals surface area contributed by atoms with Crippen molar-refractivity contribution in [3.63, 3.8) is 0 Å². The molecule has 1 aliphatic rings. The van der Waals surface area contributed by atoms with Crippen LogP contribution in [0.3, 0.4) is 0 Å². The van der Waals surface area contributed by atoms with E-state index >= 15 is 0 Å². The van der Waals surface area contributed by atoms with Gasteiger partial charge in [0.05, 0.1) is 5.02 Å². The van der Waals surface area contributed by atoms with E-state index in [1.165, 1.54) is 19.3 Å². The fraction of sp³-hybridized carbons (Fsp3) is 0.583. The van der Waals surface area contributed by atoms with Crippen molar-refractivity contribution in [2.75, 3.05) is 11.4 Å². The van der Waals surface area contributed by atoms with Gasteiger partial charge in [-0.2, -0.15) is 0 Å². The maximum atomic E-state index is 6.01. The molecule has 1 atom stereocenters. The van der Waals surface area contributed by atoms with Gasteiger partial charge in [-0.15, -0.1) is 0 Å². The van der Waals surface area contributed by atoms with Crippen LogP contribution in [0, 0.1) is 0 Å². The number of hydrogen-bond acceptors (Lipinski definition) is 3. The summed E-state index contributed by atoms with van der Waals surface area (Å²) in [6, 6.07) is 2.65. The topological polar surface area (TPSA) is 42.1 Å². The molecule has 4 heteroatoms. The van der Waals surface area contributed by atoms with Gasteiger partial charge in [0.25, 0.3) is 0 Å². The smallest absolute Gasteiger partial charge is 0.129 e. The van der Waals surface area contributed by atoms with Crippen LogP contribution in [-0.2, 0) is 6.54 Å². The van der Waals surface area contributed by atoms with E-state index in [2.05, 4.69) is 16.8 Å². The average Bonchev–Trinajstić information content (AvgIpc) is 2.78. The predicted molar refractivity (Wildman–Crippen MR) is 67.8 cm³/mol. The highest BCUT2D eigenvalue weighted by Gasteiger charge is 2.24. The first-order valence-corrected chi connectivity index (χ1v) is 6.25. The Bertz CT molecular complexity index is 367. The van der Waals surface area contributed by atoms with Crippen LogP contribution in [0.1, 0.15) is 31.7 Å². The Balaban J connectivity index is 2.26. The van der Waals surface area contributed by atoms with Gasteiger partial charge in [0, 0.05) is 25.3 Å². The maximum absolute atomic E-state index is 6.01. The fourth-order valence-corrected chi connectivity index (χ4v) is 2.52. The zero-order valence-corrected chi connectivity index (χ0v) is 10.4. The van der Waals surface area contributed by atoms with E-state index in [9.17, 15) is 0 Å². The molecule has 0 aliphatic carbocycles. The Hall–Kier alpha value is -0.800. The molecule has 0 radical (unpaired) electrons. The normalized spacial score (nSPS) is 20.4. The number of nitrogens with two attached hydrogens (primary N) is 1. The lowest BCUT2D eigenvalue weighted by Crippen LogP contribution is -2.29. The number of rotatable bonds is 3. The van der Waals surface area contributed by atoms with Gasteiger partial charge in [0.1, 0.15) is 5.82 Å². The van der Waals surface area contributed by atoms with E-state index in [1.54, 1.807) is 6.20 Å². The van der Waals surface area contributed by atoms with E-state index in [1.807, 2.05) is 6.07 Å². The van der Waals surface area contributed by atoms with Crippen molar-refractivity contribution in [2.24, 2.45) is 5.73 Å². The molecule has 2 N–H and O–H groups in total. The molecular weight excluding hydrogens is 222 g/mol. The van der Waals surface area contributed by atoms with Crippen LogP contribution in [0.25, 0.3) is 0 Å². The van der Waals surface area contributed by atoms with Crippen LogP contribution < -0.4 is 10.6 Å². The van der Waals surface area contributed by atoms with E-state index in [0.29, 0.717) is 17.6 Å². The third kappa shape index (κ3) is 2.15. The van der Waals surface area contributed by atoms with Gasteiger partial charge >= 0.3 is 0 Å². The average molecular weight is 240 g/mol. The standard InChI is InChI=1S/C12H18ClN3/c1-2-10-4-3-5-16(10)12-6-9(7-14)11(13)8-15-12/h6,8,10H,2-5,7,14H2,1H3. The molecule has 1 unspecified atom stereocenters. The van der Waals surface area contributed by atoms with Crippen molar-refractivity contribution < 1.29 is 0 Å². The Morgan fingerprint density at radius 3 is 3.12 bits per heavy atom. The molecule has 0 bridgehead atoms. The number of anilines is 1. The van der Waals surface area contributed by atoms with Gasteiger partial charge in [-0.25, -0.2) is 4.98 Å². The van der Waals surface area contributed by atoms with Crippen LogP contribution in [0.4, 0.5) is 5.82 Å². The lowest BCUT2D eigenvalue weighted by atomic mass is 10.1. The molecule has 1 aromatic rings. The first-order valence-electron chi connectivity index (χ1n) is 5.87. The second kappa shape index (κ2) is 5.02. The quantitative estimate of drug-likeness (QED) is 0.882. The minimum Gasteiger partial charge on any atom is -0.354 e. The lowest BCUT2D eigenvalue weighted by molar-refractivity contribution is 0.640. The highest BCUT2D eigenvalue weighted by atomic mass is 35.5. The van der Waals surface area contributed by atoms with Crippen molar-refractivity contribution in [2.45, 2.75) is 38.8 Å². The summed E-state index contributed by atoms with van der Waals surface area (Å²) in [7, 11) is 0. The number of hydrogen-bond donors (Lipinski definition) is 1. The molecule has 1 saturated heterocycles. The Kier molecular flexibility index (Phi) is 3.66. The first kappa shape index (κ1) is 11.7. The summed E-state index contributed by atoms with van der Waals surface area (Å²) in [5, 5.41) is 0.665. The second-order valence-electron chi connectivity index (χ2n) is 4.24. The highest BCUT2D eigenvalue weighted by molar-refractivity contribution is 6.31. The van der Waals surface area contributed by atoms with E-state index in [0.717, 1.165) is 17.9 Å². The molecule has 0 aromatic carbocycles. The van der Waals surface area contributed by atoms with Gasteiger partial charge in [-0.1, -0.05) is 18.5 Å². The largest absolute Gasteiger partial charge is 0.354 e. The van der Waals surface area contributed by atoms with Crippen LogP contribution in [-0.4, -0.2) is 17.6 Å². The predicted octanol–water partition coefficient (Wildman–Crippen LogP) is 2.57. The molecule has 1 aromatic heterocycles. The molecule has 0 saturated carbocycles. The van der Waals surface area contributed by atoms with Gasteiger partial charge in [-0.05, 0) is 30.9 Å². The summed E-state index contributed by atoms with van der Waals surface area (Å²) >= 11 is 6.01. The minimum absolute atomic E-state index is 0.471. The molecule has 2 rings (SSSR count). The van der Waals surface area contributed by atoms with Gasteiger partial charge in [0.2, 0.25) is 0 Å². The molecule has 1 aliphatic heterocycles. The summed E-state index contributed by atoms with van der Waals surface area (Å²) < 4.78 is 0. The summed E-state index contributed by atoms with van der Waals surface area (Å²) in [4.78, 5) is 6.78. The molecule has 2 heterocycles. The van der Waals surface area contributed by atoms with Gasteiger partial charge in [0.15, 0.2) is 0 Å². The fourth-order valence-electron chi connectivity index (χ4n) is 2.34. The van der Waals surface area contributed by atoms with Crippen molar-refractivity contribution >= 4 is 17.4 Å². The third-order valence-electron chi connectivity index (χ3n) is 3.28. The highest BCUT2D eigenvalue weighted by Crippen LogP contribution is 2.27. The molecule has 1 fully saturated rings. The molecular formula is C12H18ClN3. The number of nitrogens with zero attached hydrogens (tertiary/aromatic N) is 2. The zero-order valence-electron chi connectivity index (χ0n) is 9.62. The Labute approximate surface area is 102 Å². The molecule has 16 heavy (non-hydrogen) atoms. The molecule has 0 spiro atoms. The number of halogens is 1. The van der Waals surface area contributed by atoms with Gasteiger partial charge in [-0.3, -0.25) is 0 Å². The number of aromatic nitrogens is 1. The summed E-state index contributed by atoms with van der Waals surface area (Å²) in [5.41, 5.74) is 6.63. The van der Waals surface area contributed by atoms with Crippen LogP contribution in [0.2, 0.25) is 5.02 Å². The van der Waals surface area contributed by atoms with E-state index < -0.39 is 0 Å². The summed E-state index contributed by atoms with van der Waals surface area (Å²) in [5.74, 6) is 1.02. The lowest BCUT2D eigenvalue weighted by Gasteiger charge is -2.25. The first-order chi connectivity index (χ1) is 7.76. The summed E-state index contributed by atoms with van der Waals surface area (Å²) in [6.07, 6.45) is 5.39. The zero-order chi connectivity index (χ0) is 11.5. The monoisotopic (exact) mass is 239 g/mol. The van der Waals surface area contributed by atoms with Gasteiger partial charge < -0.3 is 10.6 Å². The summed E-state index contributed by atoms with van der Waals surface area (Å²) in [6.45, 7) is 3.79. The van der Waals surface area contributed by atoms with Crippen molar-refractivity contribution in [3.05, 3.63) is 22.8 Å². The van der Waals surface area contributed by atoms with Crippen LogP contribution >= 0.6 is 11.6 Å². The minimum atomic E-state index is 0.471. The van der Waals surface area contributed by atoms with Crippen LogP contribution in [0.5, 0.6) is 0 Å². The Morgan fingerprint density at radius 1 is 1.62 bits per heavy atom. The van der Waals surface area contributed by atoms with Crippen LogP contribution in [0.15, 0.2) is 12.3 Å². The van der Waals surface area contributed by atoms with Crippen molar-refractivity contribution in [1.82, 2.24) is 4.98 Å². The van der Waals surface area contributed by atoms with Crippen molar-refractivity contribution in [1.29, 1.82) is 0 Å². The van der Waals surface area contributed by atoms with E-state index in [-0.39, 0.29) is 0 Å².